The standard InChI is InChI=1S/C15H22N2O4/c1-11(16-19)13-8-7-12(20-4)10-14(13)21-9-5-6-15(18)17(2)3/h7-8,10,19H,5-6,9H2,1-4H3/b16-11+. The first-order valence-corrected chi connectivity index (χ1v) is 6.69. The van der Waals surface area contributed by atoms with E-state index in [1.807, 2.05) is 0 Å². The molecule has 0 aromatic heterocycles. The minimum Gasteiger partial charge on any atom is -0.497 e. The molecule has 6 nitrogen and oxygen atoms in total. The van der Waals surface area contributed by atoms with Crippen molar-refractivity contribution < 1.29 is 19.5 Å². The predicted molar refractivity (Wildman–Crippen MR) is 80.4 cm³/mol. The molecule has 0 unspecified atom stereocenters. The van der Waals surface area contributed by atoms with Gasteiger partial charge in [0.15, 0.2) is 0 Å². The number of nitrogens with zero attached hydrogens (tertiary/aromatic N) is 2. The van der Waals surface area contributed by atoms with Gasteiger partial charge in [0, 0.05) is 32.1 Å². The molecule has 6 heteroatoms. The highest BCUT2D eigenvalue weighted by molar-refractivity contribution is 6.00. The van der Waals surface area contributed by atoms with Crippen molar-refractivity contribution >= 4 is 11.6 Å². The van der Waals surface area contributed by atoms with Gasteiger partial charge in [-0.25, -0.2) is 0 Å². The van der Waals surface area contributed by atoms with Gasteiger partial charge in [0.2, 0.25) is 5.91 Å². The van der Waals surface area contributed by atoms with Gasteiger partial charge in [-0.2, -0.15) is 0 Å². The van der Waals surface area contributed by atoms with Gasteiger partial charge in [0.05, 0.1) is 19.4 Å². The molecule has 1 rings (SSSR count). The van der Waals surface area contributed by atoms with Crippen LogP contribution in [0.3, 0.4) is 0 Å². The number of hydrogen-bond donors (Lipinski definition) is 1. The van der Waals surface area contributed by atoms with E-state index in [0.29, 0.717) is 42.2 Å². The van der Waals surface area contributed by atoms with Crippen molar-refractivity contribution in [2.75, 3.05) is 27.8 Å². The van der Waals surface area contributed by atoms with Crippen LogP contribution >= 0.6 is 0 Å². The maximum atomic E-state index is 11.5. The van der Waals surface area contributed by atoms with Gasteiger partial charge >= 0.3 is 0 Å². The lowest BCUT2D eigenvalue weighted by Crippen LogP contribution is -2.21. The van der Waals surface area contributed by atoms with E-state index in [-0.39, 0.29) is 5.91 Å². The van der Waals surface area contributed by atoms with Crippen molar-refractivity contribution in [3.8, 4) is 11.5 Å². The third kappa shape index (κ3) is 4.98. The average molecular weight is 294 g/mol. The Kier molecular flexibility index (Phi) is 6.52. The van der Waals surface area contributed by atoms with E-state index in [1.165, 1.54) is 0 Å². The highest BCUT2D eigenvalue weighted by Crippen LogP contribution is 2.25. The summed E-state index contributed by atoms with van der Waals surface area (Å²) in [6.07, 6.45) is 1.04. The fourth-order valence-electron chi connectivity index (χ4n) is 1.73. The number of carbonyl (C=O) groups excluding carboxylic acids is 1. The molecule has 0 radical (unpaired) electrons. The SMILES string of the molecule is COc1ccc(/C(C)=N/O)c(OCCCC(=O)N(C)C)c1. The van der Waals surface area contributed by atoms with Crippen LogP contribution < -0.4 is 9.47 Å². The monoisotopic (exact) mass is 294 g/mol. The quantitative estimate of drug-likeness (QED) is 0.362. The summed E-state index contributed by atoms with van der Waals surface area (Å²) in [5.41, 5.74) is 1.15. The first kappa shape index (κ1) is 16.8. The Hall–Kier alpha value is -2.24. The molecule has 0 fully saturated rings. The molecule has 0 bridgehead atoms. The third-order valence-electron chi connectivity index (χ3n) is 3.02. The lowest BCUT2D eigenvalue weighted by molar-refractivity contribution is -0.128. The Balaban J connectivity index is 2.70. The van der Waals surface area contributed by atoms with Crippen LogP contribution in [0.5, 0.6) is 11.5 Å². The van der Waals surface area contributed by atoms with E-state index in [0.717, 1.165) is 0 Å². The highest BCUT2D eigenvalue weighted by atomic mass is 16.5. The number of ether oxygens (including phenoxy) is 2. The highest BCUT2D eigenvalue weighted by Gasteiger charge is 2.10. The lowest BCUT2D eigenvalue weighted by Gasteiger charge is -2.13. The maximum absolute atomic E-state index is 11.5. The second-order valence-electron chi connectivity index (χ2n) is 4.79. The summed E-state index contributed by atoms with van der Waals surface area (Å²) < 4.78 is 10.8. The van der Waals surface area contributed by atoms with Crippen molar-refractivity contribution in [3.63, 3.8) is 0 Å². The fraction of sp³-hybridized carbons (Fsp3) is 0.467. The topological polar surface area (TPSA) is 71.4 Å². The number of hydrogen-bond acceptors (Lipinski definition) is 5. The summed E-state index contributed by atoms with van der Waals surface area (Å²) >= 11 is 0. The van der Waals surface area contributed by atoms with Crippen LogP contribution in [-0.4, -0.2) is 49.5 Å². The number of oxime groups is 1. The number of methoxy groups -OCH3 is 1. The van der Waals surface area contributed by atoms with E-state index in [2.05, 4.69) is 5.16 Å². The van der Waals surface area contributed by atoms with E-state index in [9.17, 15) is 4.79 Å². The number of amides is 1. The molecule has 1 aromatic rings. The second-order valence-corrected chi connectivity index (χ2v) is 4.79. The van der Waals surface area contributed by atoms with Crippen LogP contribution in [0.4, 0.5) is 0 Å². The normalized spacial score (nSPS) is 11.1. The Labute approximate surface area is 125 Å². The van der Waals surface area contributed by atoms with E-state index < -0.39 is 0 Å². The van der Waals surface area contributed by atoms with E-state index in [4.69, 9.17) is 14.7 Å². The molecule has 116 valence electrons. The van der Waals surface area contributed by atoms with Crippen LogP contribution in [-0.2, 0) is 4.79 Å². The van der Waals surface area contributed by atoms with Crippen LogP contribution in [0.15, 0.2) is 23.4 Å². The van der Waals surface area contributed by atoms with Gasteiger partial charge < -0.3 is 19.6 Å². The van der Waals surface area contributed by atoms with Gasteiger partial charge in [-0.15, -0.1) is 0 Å². The smallest absolute Gasteiger partial charge is 0.222 e. The predicted octanol–water partition coefficient (Wildman–Crippen LogP) is 2.14. The summed E-state index contributed by atoms with van der Waals surface area (Å²) in [6, 6.07) is 5.28. The Morgan fingerprint density at radius 1 is 1.38 bits per heavy atom. The zero-order chi connectivity index (χ0) is 15.8. The van der Waals surface area contributed by atoms with Crippen molar-refractivity contribution in [1.82, 2.24) is 4.90 Å². The number of carbonyl (C=O) groups is 1. The number of benzene rings is 1. The number of rotatable bonds is 7. The summed E-state index contributed by atoms with van der Waals surface area (Å²) in [4.78, 5) is 13.0. The Bertz CT molecular complexity index is 512. The van der Waals surface area contributed by atoms with E-state index in [1.54, 1.807) is 51.2 Å². The fourth-order valence-corrected chi connectivity index (χ4v) is 1.73. The molecule has 0 aliphatic heterocycles. The first-order valence-electron chi connectivity index (χ1n) is 6.69. The lowest BCUT2D eigenvalue weighted by atomic mass is 10.1. The van der Waals surface area contributed by atoms with Crippen molar-refractivity contribution in [3.05, 3.63) is 23.8 Å². The Morgan fingerprint density at radius 3 is 2.67 bits per heavy atom. The van der Waals surface area contributed by atoms with E-state index >= 15 is 0 Å². The molecule has 0 heterocycles. The van der Waals surface area contributed by atoms with Crippen LogP contribution in [0, 0.1) is 0 Å². The molecule has 1 aromatic carbocycles. The van der Waals surface area contributed by atoms with Crippen molar-refractivity contribution in [2.24, 2.45) is 5.16 Å². The van der Waals surface area contributed by atoms with Crippen molar-refractivity contribution in [1.29, 1.82) is 0 Å². The molecule has 0 atom stereocenters. The van der Waals surface area contributed by atoms with Gasteiger partial charge in [0.1, 0.15) is 11.5 Å². The summed E-state index contributed by atoms with van der Waals surface area (Å²) in [7, 11) is 5.02. The molecule has 0 saturated carbocycles. The molecule has 0 spiro atoms. The summed E-state index contributed by atoms with van der Waals surface area (Å²) in [6.45, 7) is 2.09. The minimum absolute atomic E-state index is 0.0672. The summed E-state index contributed by atoms with van der Waals surface area (Å²) in [5, 5.41) is 12.1. The van der Waals surface area contributed by atoms with Crippen molar-refractivity contribution in [2.45, 2.75) is 19.8 Å². The molecule has 0 aliphatic rings. The molecular weight excluding hydrogens is 272 g/mol. The zero-order valence-corrected chi connectivity index (χ0v) is 12.9. The minimum atomic E-state index is 0.0672. The van der Waals surface area contributed by atoms with Crippen LogP contribution in [0.2, 0.25) is 0 Å². The van der Waals surface area contributed by atoms with Gasteiger partial charge in [-0.3, -0.25) is 4.79 Å². The maximum Gasteiger partial charge on any atom is 0.222 e. The second kappa shape index (κ2) is 8.14. The molecular formula is C15H22N2O4. The van der Waals surface area contributed by atoms with Crippen LogP contribution in [0.1, 0.15) is 25.3 Å². The summed E-state index contributed by atoms with van der Waals surface area (Å²) in [5.74, 6) is 1.29. The van der Waals surface area contributed by atoms with Crippen LogP contribution in [0.25, 0.3) is 0 Å². The van der Waals surface area contributed by atoms with Gasteiger partial charge in [-0.1, -0.05) is 5.16 Å². The first-order chi connectivity index (χ1) is 9.99. The Morgan fingerprint density at radius 2 is 2.10 bits per heavy atom. The largest absolute Gasteiger partial charge is 0.497 e. The average Bonchev–Trinajstić information content (AvgIpc) is 2.50. The molecule has 0 aliphatic carbocycles. The molecule has 21 heavy (non-hydrogen) atoms. The third-order valence-corrected chi connectivity index (χ3v) is 3.02. The molecule has 1 amide bonds. The molecule has 0 saturated heterocycles. The van der Waals surface area contributed by atoms with Gasteiger partial charge in [0.25, 0.3) is 0 Å². The zero-order valence-electron chi connectivity index (χ0n) is 12.9. The molecule has 1 N–H and O–H groups in total. The van der Waals surface area contributed by atoms with Gasteiger partial charge in [-0.05, 0) is 25.5 Å².